The van der Waals surface area contributed by atoms with Crippen LogP contribution in [0.5, 0.6) is 0 Å². The Kier molecular flexibility index (Phi) is 6.77. The maximum absolute atomic E-state index is 13.1. The number of hydrogen-bond donors (Lipinski definition) is 1. The van der Waals surface area contributed by atoms with Gasteiger partial charge in [0.25, 0.3) is 5.60 Å². The maximum Gasteiger partial charge on any atom is 0.408 e. The Morgan fingerprint density at radius 3 is 2.47 bits per heavy atom. The molecule has 1 aliphatic rings. The Bertz CT molecular complexity index is 1020. The summed E-state index contributed by atoms with van der Waals surface area (Å²) in [6.07, 6.45) is -0.374. The highest BCUT2D eigenvalue weighted by atomic mass is 16.7. The van der Waals surface area contributed by atoms with Gasteiger partial charge in [0, 0.05) is 12.0 Å². The molecule has 7 heteroatoms. The number of hydrogen-bond acceptors (Lipinski definition) is 6. The second kappa shape index (κ2) is 9.18. The van der Waals surface area contributed by atoms with Crippen molar-refractivity contribution in [3.63, 3.8) is 0 Å². The van der Waals surface area contributed by atoms with Crippen LogP contribution in [0, 0.1) is 5.92 Å². The third-order valence-corrected chi connectivity index (χ3v) is 5.27. The molecule has 172 valence electrons. The number of esters is 1. The molecule has 2 aromatic rings. The molecule has 1 heterocycles. The molecule has 7 nitrogen and oxygen atoms in total. The summed E-state index contributed by atoms with van der Waals surface area (Å²) in [4.78, 5) is 31.4. The van der Waals surface area contributed by atoms with Crippen LogP contribution in [0.25, 0.3) is 10.8 Å². The highest BCUT2D eigenvalue weighted by Crippen LogP contribution is 2.39. The zero-order valence-corrected chi connectivity index (χ0v) is 19.6. The molecule has 1 N–H and O–H groups in total. The number of fused-ring (bicyclic) bond motifs is 1. The monoisotopic (exact) mass is 440 g/mol. The number of nitrogens with zero attached hydrogens (tertiary/aromatic N) is 1. The number of carbonyl (C=O) groups is 2. The summed E-state index contributed by atoms with van der Waals surface area (Å²) in [7, 11) is 0. The van der Waals surface area contributed by atoms with Crippen molar-refractivity contribution >= 4 is 28.5 Å². The van der Waals surface area contributed by atoms with Gasteiger partial charge < -0.3 is 19.6 Å². The molecule has 32 heavy (non-hydrogen) atoms. The Morgan fingerprint density at radius 2 is 1.84 bits per heavy atom. The third-order valence-electron chi connectivity index (χ3n) is 5.27. The van der Waals surface area contributed by atoms with E-state index in [1.165, 1.54) is 0 Å². The lowest BCUT2D eigenvalue weighted by molar-refractivity contribution is -0.170. The number of carbonyl (C=O) groups excluding carboxylic acids is 2. The number of rotatable bonds is 6. The molecule has 0 fully saturated rings. The predicted molar refractivity (Wildman–Crippen MR) is 123 cm³/mol. The van der Waals surface area contributed by atoms with Crippen molar-refractivity contribution in [2.24, 2.45) is 11.1 Å². The fourth-order valence-corrected chi connectivity index (χ4v) is 3.76. The quantitative estimate of drug-likeness (QED) is 0.644. The van der Waals surface area contributed by atoms with Crippen molar-refractivity contribution in [2.75, 3.05) is 6.61 Å². The average Bonchev–Trinajstić information content (AvgIpc) is 3.16. The van der Waals surface area contributed by atoms with E-state index in [0.717, 1.165) is 10.8 Å². The van der Waals surface area contributed by atoms with E-state index in [1.807, 2.05) is 56.3 Å². The van der Waals surface area contributed by atoms with E-state index in [1.54, 1.807) is 27.7 Å². The zero-order valence-electron chi connectivity index (χ0n) is 19.6. The number of ether oxygens (including phenoxy) is 2. The lowest BCUT2D eigenvalue weighted by atomic mass is 9.84. The van der Waals surface area contributed by atoms with Crippen molar-refractivity contribution in [3.05, 3.63) is 48.0 Å². The second-order valence-electron chi connectivity index (χ2n) is 9.33. The van der Waals surface area contributed by atoms with Crippen LogP contribution >= 0.6 is 0 Å². The van der Waals surface area contributed by atoms with Crippen molar-refractivity contribution in [2.45, 2.75) is 65.2 Å². The van der Waals surface area contributed by atoms with Crippen LogP contribution in [-0.2, 0) is 24.7 Å². The van der Waals surface area contributed by atoms with E-state index in [4.69, 9.17) is 14.3 Å². The van der Waals surface area contributed by atoms with Gasteiger partial charge >= 0.3 is 12.1 Å². The van der Waals surface area contributed by atoms with E-state index in [2.05, 4.69) is 10.5 Å². The minimum Gasteiger partial charge on any atom is -0.463 e. The molecule has 0 aliphatic carbocycles. The Labute approximate surface area is 189 Å². The summed E-state index contributed by atoms with van der Waals surface area (Å²) in [5.74, 6) is -0.506. The zero-order chi connectivity index (χ0) is 23.5. The highest BCUT2D eigenvalue weighted by molar-refractivity contribution is 5.99. The predicted octanol–water partition coefficient (Wildman–Crippen LogP) is 4.92. The Hall–Kier alpha value is -3.09. The lowest BCUT2D eigenvalue weighted by Gasteiger charge is -2.27. The van der Waals surface area contributed by atoms with Crippen LogP contribution in [0.3, 0.4) is 0 Å². The van der Waals surface area contributed by atoms with Crippen LogP contribution in [0.1, 0.15) is 53.5 Å². The molecule has 1 amide bonds. The first-order valence-corrected chi connectivity index (χ1v) is 11.0. The van der Waals surface area contributed by atoms with Crippen LogP contribution in [-0.4, -0.2) is 36.0 Å². The summed E-state index contributed by atoms with van der Waals surface area (Å²) >= 11 is 0. The molecule has 1 unspecified atom stereocenters. The topological polar surface area (TPSA) is 86.2 Å². The van der Waals surface area contributed by atoms with Gasteiger partial charge in [-0.15, -0.1) is 0 Å². The minimum atomic E-state index is -1.40. The number of nitrogens with one attached hydrogen (secondary N) is 1. The van der Waals surface area contributed by atoms with Crippen LogP contribution in [0.2, 0.25) is 0 Å². The van der Waals surface area contributed by atoms with Gasteiger partial charge in [-0.25, -0.2) is 9.59 Å². The summed E-state index contributed by atoms with van der Waals surface area (Å²) in [6.45, 7) is 11.3. The SMILES string of the molecule is CCOC(=O)C1(c2ccc3ccccc3c2)CC([C@@H](NC(=O)OC(C)(C)C)C(C)C)=NO1. The molecule has 2 aromatic carbocycles. The molecule has 0 spiro atoms. The Balaban J connectivity index is 1.92. The first kappa shape index (κ1) is 23.6. The molecule has 0 radical (unpaired) electrons. The molecular weight excluding hydrogens is 408 g/mol. The van der Waals surface area contributed by atoms with Crippen molar-refractivity contribution in [1.82, 2.24) is 5.32 Å². The van der Waals surface area contributed by atoms with Crippen molar-refractivity contribution < 1.29 is 23.9 Å². The lowest BCUT2D eigenvalue weighted by Crippen LogP contribution is -2.47. The summed E-state index contributed by atoms with van der Waals surface area (Å²) < 4.78 is 10.8. The maximum atomic E-state index is 13.1. The van der Waals surface area contributed by atoms with Gasteiger partial charge in [0.2, 0.25) is 0 Å². The fraction of sp³-hybridized carbons (Fsp3) is 0.480. The minimum absolute atomic E-state index is 0.000493. The van der Waals surface area contributed by atoms with Crippen LogP contribution in [0.4, 0.5) is 4.79 Å². The molecule has 1 aliphatic heterocycles. The fourth-order valence-electron chi connectivity index (χ4n) is 3.76. The number of amides is 1. The summed E-state index contributed by atoms with van der Waals surface area (Å²) in [5.41, 5.74) is -0.808. The number of oxime groups is 1. The first-order valence-electron chi connectivity index (χ1n) is 11.0. The van der Waals surface area contributed by atoms with Crippen molar-refractivity contribution in [3.8, 4) is 0 Å². The van der Waals surface area contributed by atoms with E-state index in [9.17, 15) is 9.59 Å². The van der Waals surface area contributed by atoms with Gasteiger partial charge in [0.15, 0.2) is 0 Å². The highest BCUT2D eigenvalue weighted by Gasteiger charge is 2.51. The van der Waals surface area contributed by atoms with Gasteiger partial charge in [0.05, 0.1) is 18.4 Å². The van der Waals surface area contributed by atoms with Gasteiger partial charge in [-0.05, 0) is 50.5 Å². The molecule has 2 atom stereocenters. The normalized spacial score (nSPS) is 19.3. The molecule has 0 aromatic heterocycles. The third kappa shape index (κ3) is 5.03. The van der Waals surface area contributed by atoms with Gasteiger partial charge in [-0.3, -0.25) is 0 Å². The Morgan fingerprint density at radius 1 is 1.16 bits per heavy atom. The summed E-state index contributed by atoms with van der Waals surface area (Å²) in [6, 6.07) is 13.2. The largest absolute Gasteiger partial charge is 0.463 e. The molecule has 0 bridgehead atoms. The van der Waals surface area contributed by atoms with Gasteiger partial charge in [0.1, 0.15) is 5.60 Å². The van der Waals surface area contributed by atoms with E-state index in [-0.39, 0.29) is 18.9 Å². The average molecular weight is 441 g/mol. The molecule has 3 rings (SSSR count). The second-order valence-corrected chi connectivity index (χ2v) is 9.33. The van der Waals surface area contributed by atoms with Gasteiger partial charge in [-0.2, -0.15) is 0 Å². The van der Waals surface area contributed by atoms with E-state index < -0.39 is 29.3 Å². The van der Waals surface area contributed by atoms with Crippen LogP contribution in [0.15, 0.2) is 47.6 Å². The molecule has 0 saturated heterocycles. The first-order chi connectivity index (χ1) is 15.1. The standard InChI is InChI=1S/C25H32N2O5/c1-7-30-22(28)25(19-13-12-17-10-8-9-11-18(17)14-19)15-20(27-32-25)21(16(2)3)26-23(29)31-24(4,5)6/h8-14,16,21H,7,15H2,1-6H3,(H,26,29)/t21-,25?/m0/s1. The van der Waals surface area contributed by atoms with Crippen LogP contribution < -0.4 is 5.32 Å². The van der Waals surface area contributed by atoms with Crippen molar-refractivity contribution in [1.29, 1.82) is 0 Å². The molecular formula is C25H32N2O5. The van der Waals surface area contributed by atoms with Gasteiger partial charge in [-0.1, -0.05) is 55.4 Å². The molecule has 0 saturated carbocycles. The summed E-state index contributed by atoms with van der Waals surface area (Å²) in [5, 5.41) is 9.19. The number of alkyl carbamates (subject to hydrolysis) is 1. The smallest absolute Gasteiger partial charge is 0.408 e. The number of benzene rings is 2. The van der Waals surface area contributed by atoms with E-state index >= 15 is 0 Å². The van der Waals surface area contributed by atoms with E-state index in [0.29, 0.717) is 11.3 Å².